The van der Waals surface area contributed by atoms with Crippen LogP contribution in [0.1, 0.15) is 31.0 Å². The quantitative estimate of drug-likeness (QED) is 0.734. The zero-order chi connectivity index (χ0) is 16.9. The van der Waals surface area contributed by atoms with Crippen LogP contribution in [0.3, 0.4) is 0 Å². The lowest BCUT2D eigenvalue weighted by Crippen LogP contribution is -2.11. The van der Waals surface area contributed by atoms with E-state index in [1.54, 1.807) is 12.4 Å². The lowest BCUT2D eigenvalue weighted by atomic mass is 10.1. The van der Waals surface area contributed by atoms with Gasteiger partial charge in [0.1, 0.15) is 0 Å². The number of anilines is 1. The van der Waals surface area contributed by atoms with Crippen LogP contribution >= 0.6 is 0 Å². The van der Waals surface area contributed by atoms with Crippen molar-refractivity contribution in [2.24, 2.45) is 0 Å². The van der Waals surface area contributed by atoms with E-state index in [1.165, 1.54) is 22.2 Å². The molecule has 0 aliphatic rings. The standard InChI is InChI=1S/C20H23N3O/c1-3-23-15(2)13-17-14-18(7-8-19(17)23)22-20(24)6-4-5-16-9-11-21-12-10-16/h7-14H,3-6H2,1-2H3,(H,22,24). The van der Waals surface area contributed by atoms with Gasteiger partial charge in [-0.1, -0.05) is 0 Å². The van der Waals surface area contributed by atoms with Gasteiger partial charge < -0.3 is 9.88 Å². The van der Waals surface area contributed by atoms with Gasteiger partial charge in [-0.15, -0.1) is 0 Å². The largest absolute Gasteiger partial charge is 0.345 e. The Kier molecular flexibility index (Phi) is 4.94. The molecule has 0 bridgehead atoms. The number of carbonyl (C=O) groups excluding carboxylic acids is 1. The van der Waals surface area contributed by atoms with Crippen molar-refractivity contribution in [1.29, 1.82) is 0 Å². The summed E-state index contributed by atoms with van der Waals surface area (Å²) in [5.74, 6) is 0.0649. The van der Waals surface area contributed by atoms with Gasteiger partial charge in [0.15, 0.2) is 0 Å². The molecule has 0 aliphatic heterocycles. The first-order chi connectivity index (χ1) is 11.7. The SMILES string of the molecule is CCn1c(C)cc2cc(NC(=O)CCCc3ccncc3)ccc21. The molecule has 1 N–H and O–H groups in total. The van der Waals surface area contributed by atoms with Crippen molar-refractivity contribution in [2.75, 3.05) is 5.32 Å². The molecule has 0 spiro atoms. The highest BCUT2D eigenvalue weighted by atomic mass is 16.1. The fourth-order valence-corrected chi connectivity index (χ4v) is 3.13. The molecule has 1 amide bonds. The van der Waals surface area contributed by atoms with Crippen LogP contribution in [0, 0.1) is 6.92 Å². The number of hydrogen-bond donors (Lipinski definition) is 1. The number of rotatable bonds is 6. The second-order valence-corrected chi connectivity index (χ2v) is 6.06. The van der Waals surface area contributed by atoms with E-state index in [4.69, 9.17) is 0 Å². The minimum absolute atomic E-state index is 0.0649. The van der Waals surface area contributed by atoms with Crippen molar-refractivity contribution < 1.29 is 4.79 Å². The molecular weight excluding hydrogens is 298 g/mol. The summed E-state index contributed by atoms with van der Waals surface area (Å²) in [4.78, 5) is 16.1. The van der Waals surface area contributed by atoms with Gasteiger partial charge in [0.25, 0.3) is 0 Å². The average molecular weight is 321 g/mol. The zero-order valence-electron chi connectivity index (χ0n) is 14.2. The van der Waals surface area contributed by atoms with E-state index >= 15 is 0 Å². The van der Waals surface area contributed by atoms with Crippen molar-refractivity contribution in [3.63, 3.8) is 0 Å². The van der Waals surface area contributed by atoms with Crippen LogP contribution in [-0.4, -0.2) is 15.5 Å². The Labute approximate surface area is 142 Å². The molecule has 0 atom stereocenters. The summed E-state index contributed by atoms with van der Waals surface area (Å²) in [5, 5.41) is 4.18. The number of nitrogens with one attached hydrogen (secondary N) is 1. The van der Waals surface area contributed by atoms with Gasteiger partial charge in [0, 0.05) is 47.6 Å². The van der Waals surface area contributed by atoms with Gasteiger partial charge in [0.2, 0.25) is 5.91 Å². The summed E-state index contributed by atoms with van der Waals surface area (Å²) in [5.41, 5.74) is 4.54. The second kappa shape index (κ2) is 7.30. The number of fused-ring (bicyclic) bond motifs is 1. The second-order valence-electron chi connectivity index (χ2n) is 6.06. The van der Waals surface area contributed by atoms with E-state index < -0.39 is 0 Å². The van der Waals surface area contributed by atoms with Crippen LogP contribution in [0.25, 0.3) is 10.9 Å². The Bertz CT molecular complexity index is 837. The van der Waals surface area contributed by atoms with Crippen molar-refractivity contribution >= 4 is 22.5 Å². The van der Waals surface area contributed by atoms with Crippen LogP contribution in [-0.2, 0) is 17.8 Å². The maximum atomic E-state index is 12.1. The zero-order valence-corrected chi connectivity index (χ0v) is 14.2. The monoisotopic (exact) mass is 321 g/mol. The van der Waals surface area contributed by atoms with Crippen molar-refractivity contribution in [3.05, 3.63) is 60.0 Å². The lowest BCUT2D eigenvalue weighted by molar-refractivity contribution is -0.116. The Morgan fingerprint density at radius 1 is 1.17 bits per heavy atom. The summed E-state index contributed by atoms with van der Waals surface area (Å²) in [6.45, 7) is 5.21. The summed E-state index contributed by atoms with van der Waals surface area (Å²) in [6.07, 6.45) is 5.83. The number of hydrogen-bond acceptors (Lipinski definition) is 2. The molecule has 24 heavy (non-hydrogen) atoms. The van der Waals surface area contributed by atoms with E-state index in [0.29, 0.717) is 6.42 Å². The molecule has 1 aromatic carbocycles. The summed E-state index contributed by atoms with van der Waals surface area (Å²) in [7, 11) is 0. The molecule has 3 aromatic rings. The van der Waals surface area contributed by atoms with Gasteiger partial charge in [-0.25, -0.2) is 0 Å². The first-order valence-corrected chi connectivity index (χ1v) is 8.46. The predicted molar refractivity (Wildman–Crippen MR) is 98.2 cm³/mol. The molecule has 124 valence electrons. The molecule has 0 saturated carbocycles. The van der Waals surface area contributed by atoms with E-state index in [0.717, 1.165) is 25.1 Å². The van der Waals surface area contributed by atoms with E-state index in [9.17, 15) is 4.79 Å². The smallest absolute Gasteiger partial charge is 0.224 e. The molecule has 0 radical (unpaired) electrons. The van der Waals surface area contributed by atoms with Crippen molar-refractivity contribution in [2.45, 2.75) is 39.7 Å². The van der Waals surface area contributed by atoms with Crippen LogP contribution in [0.5, 0.6) is 0 Å². The molecular formula is C20H23N3O. The fraction of sp³-hybridized carbons (Fsp3) is 0.300. The topological polar surface area (TPSA) is 46.9 Å². The van der Waals surface area contributed by atoms with Gasteiger partial charge in [-0.2, -0.15) is 0 Å². The third-order valence-electron chi connectivity index (χ3n) is 4.33. The maximum absolute atomic E-state index is 12.1. The summed E-state index contributed by atoms with van der Waals surface area (Å²) < 4.78 is 2.27. The molecule has 4 nitrogen and oxygen atoms in total. The summed E-state index contributed by atoms with van der Waals surface area (Å²) in [6, 6.07) is 12.3. The minimum atomic E-state index is 0.0649. The van der Waals surface area contributed by atoms with Crippen LogP contribution in [0.15, 0.2) is 48.8 Å². The van der Waals surface area contributed by atoms with Crippen molar-refractivity contribution in [3.8, 4) is 0 Å². The number of aromatic nitrogens is 2. The number of carbonyl (C=O) groups is 1. The molecule has 0 fully saturated rings. The van der Waals surface area contributed by atoms with Crippen LogP contribution in [0.2, 0.25) is 0 Å². The molecule has 3 rings (SSSR count). The maximum Gasteiger partial charge on any atom is 0.224 e. The number of benzene rings is 1. The fourth-order valence-electron chi connectivity index (χ4n) is 3.13. The average Bonchev–Trinajstić information content (AvgIpc) is 2.90. The Morgan fingerprint density at radius 3 is 2.71 bits per heavy atom. The van der Waals surface area contributed by atoms with E-state index in [-0.39, 0.29) is 5.91 Å². The molecule has 2 heterocycles. The third-order valence-corrected chi connectivity index (χ3v) is 4.33. The summed E-state index contributed by atoms with van der Waals surface area (Å²) >= 11 is 0. The Morgan fingerprint density at radius 2 is 1.96 bits per heavy atom. The van der Waals surface area contributed by atoms with Crippen LogP contribution in [0.4, 0.5) is 5.69 Å². The van der Waals surface area contributed by atoms with Gasteiger partial charge in [-0.3, -0.25) is 9.78 Å². The molecule has 2 aromatic heterocycles. The lowest BCUT2D eigenvalue weighted by Gasteiger charge is -2.07. The molecule has 0 aliphatic carbocycles. The number of amides is 1. The third kappa shape index (κ3) is 3.65. The Hall–Kier alpha value is -2.62. The van der Waals surface area contributed by atoms with Gasteiger partial charge in [0.05, 0.1) is 0 Å². The molecule has 0 saturated heterocycles. The Balaban J connectivity index is 1.59. The van der Waals surface area contributed by atoms with Gasteiger partial charge in [-0.05, 0) is 68.7 Å². The highest BCUT2D eigenvalue weighted by Gasteiger charge is 2.07. The van der Waals surface area contributed by atoms with Crippen LogP contribution < -0.4 is 5.32 Å². The number of nitrogens with zero attached hydrogens (tertiary/aromatic N) is 2. The first-order valence-electron chi connectivity index (χ1n) is 8.46. The minimum Gasteiger partial charge on any atom is -0.345 e. The highest BCUT2D eigenvalue weighted by Crippen LogP contribution is 2.23. The van der Waals surface area contributed by atoms with E-state index in [1.807, 2.05) is 18.2 Å². The first kappa shape index (κ1) is 16.2. The predicted octanol–water partition coefficient (Wildman–Crippen LogP) is 4.33. The van der Waals surface area contributed by atoms with Gasteiger partial charge >= 0.3 is 0 Å². The number of pyridine rings is 1. The normalized spacial score (nSPS) is 10.9. The van der Waals surface area contributed by atoms with E-state index in [2.05, 4.69) is 46.9 Å². The number of aryl methyl sites for hydroxylation is 3. The molecule has 0 unspecified atom stereocenters. The van der Waals surface area contributed by atoms with Crippen molar-refractivity contribution in [1.82, 2.24) is 9.55 Å². The highest BCUT2D eigenvalue weighted by molar-refractivity contribution is 5.94. The molecule has 4 heteroatoms.